The molecular weight excluding hydrogens is 262 g/mol. The molecule has 0 amide bonds. The normalized spacial score (nSPS) is 12.8. The maximum Gasteiger partial charge on any atom is 0.313 e. The summed E-state index contributed by atoms with van der Waals surface area (Å²) < 4.78 is 1.70. The zero-order valence-corrected chi connectivity index (χ0v) is 10.6. The van der Waals surface area contributed by atoms with Gasteiger partial charge >= 0.3 is 5.69 Å². The van der Waals surface area contributed by atoms with E-state index in [0.717, 1.165) is 0 Å². The lowest BCUT2D eigenvalue weighted by Gasteiger charge is -2.05. The molecule has 84 valence electrons. The number of rotatable bonds is 4. The number of aromatic nitrogens is 2. The quantitative estimate of drug-likeness (QED) is 0.482. The van der Waals surface area contributed by atoms with Crippen LogP contribution in [0.5, 0.6) is 0 Å². The van der Waals surface area contributed by atoms with Crippen LogP contribution in [0.4, 0.5) is 5.69 Å². The molecule has 0 N–H and O–H groups in total. The van der Waals surface area contributed by atoms with Crippen LogP contribution in [0.2, 0.25) is 0 Å². The van der Waals surface area contributed by atoms with Crippen LogP contribution in [0.15, 0.2) is 0 Å². The second-order valence-corrected chi connectivity index (χ2v) is 5.00. The van der Waals surface area contributed by atoms with Gasteiger partial charge in [0, 0.05) is 17.8 Å². The number of aryl methyl sites for hydroxylation is 2. The zero-order valence-electron chi connectivity index (χ0n) is 9.03. The van der Waals surface area contributed by atoms with E-state index in [1.54, 1.807) is 11.6 Å². The van der Waals surface area contributed by atoms with Gasteiger partial charge in [0.1, 0.15) is 11.4 Å². The van der Waals surface area contributed by atoms with E-state index < -0.39 is 0 Å². The Hall–Kier alpha value is -0.910. The lowest BCUT2D eigenvalue weighted by Crippen LogP contribution is -2.08. The van der Waals surface area contributed by atoms with Crippen LogP contribution >= 0.6 is 15.9 Å². The number of nitrogens with zero attached hydrogens (tertiary/aromatic N) is 3. The van der Waals surface area contributed by atoms with Gasteiger partial charge in [0.25, 0.3) is 0 Å². The fraction of sp³-hybridized carbons (Fsp3) is 0.667. The Bertz CT molecular complexity index is 374. The molecule has 0 saturated carbocycles. The van der Waals surface area contributed by atoms with Gasteiger partial charge in [-0.05, 0) is 13.8 Å². The standard InChI is InChI=1S/C9H14BrN3O2/c1-4-12-8(5-6(2)10)9(13(14)15)7(3)11-12/h6H,4-5H2,1-3H3. The second-order valence-electron chi connectivity index (χ2n) is 3.44. The summed E-state index contributed by atoms with van der Waals surface area (Å²) in [4.78, 5) is 10.7. The molecule has 1 rings (SSSR count). The fourth-order valence-electron chi connectivity index (χ4n) is 1.59. The van der Waals surface area contributed by atoms with Crippen molar-refractivity contribution >= 4 is 21.6 Å². The monoisotopic (exact) mass is 275 g/mol. The summed E-state index contributed by atoms with van der Waals surface area (Å²) in [6.45, 7) is 6.22. The minimum atomic E-state index is -0.348. The molecular formula is C9H14BrN3O2. The summed E-state index contributed by atoms with van der Waals surface area (Å²) in [7, 11) is 0. The van der Waals surface area contributed by atoms with Crippen molar-refractivity contribution in [2.24, 2.45) is 0 Å². The number of halogens is 1. The predicted molar refractivity (Wildman–Crippen MR) is 61.4 cm³/mol. The summed E-state index contributed by atoms with van der Waals surface area (Å²) in [5.74, 6) is 0. The molecule has 0 radical (unpaired) electrons. The Kier molecular flexibility index (Phi) is 3.84. The van der Waals surface area contributed by atoms with Crippen molar-refractivity contribution in [1.82, 2.24) is 9.78 Å². The molecule has 1 heterocycles. The highest BCUT2D eigenvalue weighted by Crippen LogP contribution is 2.25. The van der Waals surface area contributed by atoms with Crippen LogP contribution in [-0.4, -0.2) is 19.5 Å². The van der Waals surface area contributed by atoms with Gasteiger partial charge in [-0.15, -0.1) is 0 Å². The molecule has 1 aromatic heterocycles. The topological polar surface area (TPSA) is 61.0 Å². The lowest BCUT2D eigenvalue weighted by molar-refractivity contribution is -0.386. The average Bonchev–Trinajstić information content (AvgIpc) is 2.41. The van der Waals surface area contributed by atoms with Crippen molar-refractivity contribution in [2.75, 3.05) is 0 Å². The van der Waals surface area contributed by atoms with Crippen molar-refractivity contribution in [3.8, 4) is 0 Å². The predicted octanol–water partition coefficient (Wildman–Crippen LogP) is 2.45. The maximum atomic E-state index is 10.9. The molecule has 6 heteroatoms. The first-order valence-electron chi connectivity index (χ1n) is 4.82. The molecule has 0 aliphatic rings. The van der Waals surface area contributed by atoms with Crippen molar-refractivity contribution in [3.63, 3.8) is 0 Å². The van der Waals surface area contributed by atoms with E-state index in [1.165, 1.54) is 0 Å². The highest BCUT2D eigenvalue weighted by molar-refractivity contribution is 9.09. The molecule has 0 bridgehead atoms. The Morgan fingerprint density at radius 1 is 1.67 bits per heavy atom. The second kappa shape index (κ2) is 4.74. The molecule has 5 nitrogen and oxygen atoms in total. The Labute approximate surface area is 96.7 Å². The Morgan fingerprint density at radius 2 is 2.27 bits per heavy atom. The summed E-state index contributed by atoms with van der Waals surface area (Å²) in [5, 5.41) is 15.0. The van der Waals surface area contributed by atoms with Crippen molar-refractivity contribution in [2.45, 2.75) is 38.6 Å². The average molecular weight is 276 g/mol. The van der Waals surface area contributed by atoms with Gasteiger partial charge in [-0.1, -0.05) is 22.9 Å². The SMILES string of the molecule is CCn1nc(C)c([N+](=O)[O-])c1CC(C)Br. The third kappa shape index (κ3) is 2.56. The summed E-state index contributed by atoms with van der Waals surface area (Å²) in [6, 6.07) is 0. The summed E-state index contributed by atoms with van der Waals surface area (Å²) in [5.41, 5.74) is 1.34. The van der Waals surface area contributed by atoms with Gasteiger partial charge in [0.2, 0.25) is 0 Å². The molecule has 15 heavy (non-hydrogen) atoms. The molecule has 0 fully saturated rings. The largest absolute Gasteiger partial charge is 0.313 e. The highest BCUT2D eigenvalue weighted by atomic mass is 79.9. The Balaban J connectivity index is 3.23. The van der Waals surface area contributed by atoms with E-state index in [0.29, 0.717) is 24.4 Å². The first-order chi connectivity index (χ1) is 6.97. The number of nitro groups is 1. The molecule has 1 unspecified atom stereocenters. The van der Waals surface area contributed by atoms with E-state index in [2.05, 4.69) is 21.0 Å². The minimum absolute atomic E-state index is 0.156. The molecule has 1 aromatic rings. The van der Waals surface area contributed by atoms with Crippen LogP contribution < -0.4 is 0 Å². The first kappa shape index (κ1) is 12.2. The lowest BCUT2D eigenvalue weighted by atomic mass is 10.2. The van der Waals surface area contributed by atoms with Gasteiger partial charge in [-0.25, -0.2) is 0 Å². The van der Waals surface area contributed by atoms with E-state index in [4.69, 9.17) is 0 Å². The van der Waals surface area contributed by atoms with Crippen molar-refractivity contribution < 1.29 is 4.92 Å². The molecule has 0 aliphatic carbocycles. The van der Waals surface area contributed by atoms with Gasteiger partial charge in [-0.3, -0.25) is 14.8 Å². The van der Waals surface area contributed by atoms with Crippen LogP contribution in [0.25, 0.3) is 0 Å². The first-order valence-corrected chi connectivity index (χ1v) is 5.73. The van der Waals surface area contributed by atoms with E-state index in [1.807, 2.05) is 13.8 Å². The van der Waals surface area contributed by atoms with Gasteiger partial charge in [-0.2, -0.15) is 5.10 Å². The molecule has 0 aromatic carbocycles. The molecule has 0 aliphatic heterocycles. The molecule has 1 atom stereocenters. The third-order valence-corrected chi connectivity index (χ3v) is 2.48. The van der Waals surface area contributed by atoms with E-state index in [-0.39, 0.29) is 15.4 Å². The van der Waals surface area contributed by atoms with Crippen molar-refractivity contribution in [3.05, 3.63) is 21.5 Å². The van der Waals surface area contributed by atoms with Crippen LogP contribution in [-0.2, 0) is 13.0 Å². The molecule has 0 saturated heterocycles. The number of hydrogen-bond acceptors (Lipinski definition) is 3. The summed E-state index contributed by atoms with van der Waals surface area (Å²) >= 11 is 3.40. The third-order valence-electron chi connectivity index (χ3n) is 2.16. The Morgan fingerprint density at radius 3 is 2.67 bits per heavy atom. The maximum absolute atomic E-state index is 10.9. The van der Waals surface area contributed by atoms with Gasteiger partial charge in [0.05, 0.1) is 4.92 Å². The molecule has 0 spiro atoms. The van der Waals surface area contributed by atoms with Gasteiger partial charge < -0.3 is 0 Å². The number of alkyl halides is 1. The fourth-order valence-corrected chi connectivity index (χ4v) is 1.89. The van der Waals surface area contributed by atoms with Crippen LogP contribution in [0, 0.1) is 17.0 Å². The van der Waals surface area contributed by atoms with Gasteiger partial charge in [0.15, 0.2) is 0 Å². The van der Waals surface area contributed by atoms with Crippen LogP contribution in [0.1, 0.15) is 25.2 Å². The number of hydrogen-bond donors (Lipinski definition) is 0. The van der Waals surface area contributed by atoms with Crippen LogP contribution in [0.3, 0.4) is 0 Å². The highest BCUT2D eigenvalue weighted by Gasteiger charge is 2.24. The summed E-state index contributed by atoms with van der Waals surface area (Å²) in [6.07, 6.45) is 0.616. The van der Waals surface area contributed by atoms with Crippen molar-refractivity contribution in [1.29, 1.82) is 0 Å². The zero-order chi connectivity index (χ0) is 11.6. The van der Waals surface area contributed by atoms with E-state index >= 15 is 0 Å². The van der Waals surface area contributed by atoms with E-state index in [9.17, 15) is 10.1 Å². The smallest absolute Gasteiger partial charge is 0.262 e. The minimum Gasteiger partial charge on any atom is -0.262 e.